The van der Waals surface area contributed by atoms with Crippen LogP contribution in [0.4, 0.5) is 10.1 Å². The first kappa shape index (κ1) is 16.1. The van der Waals surface area contributed by atoms with Gasteiger partial charge in [0.1, 0.15) is 5.82 Å². The van der Waals surface area contributed by atoms with Crippen LogP contribution >= 0.6 is 11.6 Å². The first-order valence-corrected chi connectivity index (χ1v) is 8.90. The minimum atomic E-state index is -0.354. The van der Waals surface area contributed by atoms with Gasteiger partial charge < -0.3 is 15.2 Å². The quantitative estimate of drug-likeness (QED) is 0.839. The SMILES string of the molecule is OC[C@H]1CC[C@@H]2[C@H](O1)c1cc(F)cc(Cl)c1N[C@H]2C1C=CC=CC1. The lowest BCUT2D eigenvalue weighted by Gasteiger charge is -2.47. The second-order valence-electron chi connectivity index (χ2n) is 6.84. The molecular formula is C19H21ClFNO2. The molecule has 24 heavy (non-hydrogen) atoms. The van der Waals surface area contributed by atoms with Gasteiger partial charge in [0.25, 0.3) is 0 Å². The van der Waals surface area contributed by atoms with E-state index in [2.05, 4.69) is 29.6 Å². The van der Waals surface area contributed by atoms with Crippen LogP contribution in [-0.2, 0) is 4.74 Å². The monoisotopic (exact) mass is 349 g/mol. The topological polar surface area (TPSA) is 41.5 Å². The van der Waals surface area contributed by atoms with E-state index in [4.69, 9.17) is 16.3 Å². The Hall–Kier alpha value is -1.36. The zero-order valence-corrected chi connectivity index (χ0v) is 14.0. The molecule has 0 bridgehead atoms. The third-order valence-corrected chi connectivity index (χ3v) is 5.69. The Morgan fingerprint density at radius 3 is 2.92 bits per heavy atom. The molecule has 2 aliphatic heterocycles. The van der Waals surface area contributed by atoms with E-state index < -0.39 is 0 Å². The number of aliphatic hydroxyl groups excluding tert-OH is 1. The Morgan fingerprint density at radius 2 is 2.17 bits per heavy atom. The summed E-state index contributed by atoms with van der Waals surface area (Å²) >= 11 is 6.31. The van der Waals surface area contributed by atoms with Gasteiger partial charge in [-0.1, -0.05) is 35.9 Å². The fourth-order valence-electron chi connectivity index (χ4n) is 4.25. The Kier molecular flexibility index (Phi) is 4.37. The summed E-state index contributed by atoms with van der Waals surface area (Å²) < 4.78 is 20.0. The van der Waals surface area contributed by atoms with E-state index in [1.54, 1.807) is 0 Å². The van der Waals surface area contributed by atoms with E-state index in [-0.39, 0.29) is 36.6 Å². The summed E-state index contributed by atoms with van der Waals surface area (Å²) in [4.78, 5) is 0. The van der Waals surface area contributed by atoms with Gasteiger partial charge in [-0.2, -0.15) is 0 Å². The lowest BCUT2D eigenvalue weighted by atomic mass is 9.73. The number of aliphatic hydroxyl groups is 1. The summed E-state index contributed by atoms with van der Waals surface area (Å²) in [5.41, 5.74) is 1.54. The standard InChI is InChI=1S/C19H21ClFNO2/c20-16-9-12(21)8-15-18(16)22-17(11-4-2-1-3-5-11)14-7-6-13(10-23)24-19(14)15/h1-4,8-9,11,13-14,17,19,22-23H,5-7,10H2/t11?,13-,14+,17+,19+/m1/s1. The summed E-state index contributed by atoms with van der Waals surface area (Å²) in [6, 6.07) is 3.04. The largest absolute Gasteiger partial charge is 0.394 e. The second-order valence-corrected chi connectivity index (χ2v) is 7.24. The predicted molar refractivity (Wildman–Crippen MR) is 92.6 cm³/mol. The first-order valence-electron chi connectivity index (χ1n) is 8.52. The Balaban J connectivity index is 1.74. The number of fused-ring (bicyclic) bond motifs is 3. The molecule has 0 amide bonds. The van der Waals surface area contributed by atoms with Gasteiger partial charge in [0.05, 0.1) is 29.5 Å². The lowest BCUT2D eigenvalue weighted by Crippen LogP contribution is -2.47. The summed E-state index contributed by atoms with van der Waals surface area (Å²) in [6.07, 6.45) is 10.8. The van der Waals surface area contributed by atoms with Crippen LogP contribution in [0.2, 0.25) is 5.02 Å². The average molecular weight is 350 g/mol. The molecule has 3 nitrogen and oxygen atoms in total. The van der Waals surface area contributed by atoms with Crippen LogP contribution in [-0.4, -0.2) is 23.9 Å². The maximum Gasteiger partial charge on any atom is 0.125 e. The zero-order valence-electron chi connectivity index (χ0n) is 13.3. The van der Waals surface area contributed by atoms with Crippen molar-refractivity contribution in [2.24, 2.45) is 11.8 Å². The molecule has 4 rings (SSSR count). The molecule has 5 atom stereocenters. The van der Waals surface area contributed by atoms with E-state index in [0.29, 0.717) is 10.9 Å². The minimum absolute atomic E-state index is 0.00817. The molecule has 0 saturated carbocycles. The van der Waals surface area contributed by atoms with Gasteiger partial charge in [0.15, 0.2) is 0 Å². The zero-order chi connectivity index (χ0) is 16.7. The van der Waals surface area contributed by atoms with E-state index in [0.717, 1.165) is 30.5 Å². The Morgan fingerprint density at radius 1 is 1.29 bits per heavy atom. The molecular weight excluding hydrogens is 329 g/mol. The van der Waals surface area contributed by atoms with E-state index in [9.17, 15) is 9.50 Å². The number of halogens is 2. The van der Waals surface area contributed by atoms with E-state index >= 15 is 0 Å². The number of hydrogen-bond donors (Lipinski definition) is 2. The summed E-state index contributed by atoms with van der Waals surface area (Å²) in [7, 11) is 0. The van der Waals surface area contributed by atoms with Crippen LogP contribution in [0, 0.1) is 17.7 Å². The fraction of sp³-hybridized carbons (Fsp3) is 0.474. The highest BCUT2D eigenvalue weighted by atomic mass is 35.5. The summed E-state index contributed by atoms with van der Waals surface area (Å²) in [5.74, 6) is 0.235. The third-order valence-electron chi connectivity index (χ3n) is 5.39. The van der Waals surface area contributed by atoms with Gasteiger partial charge in [-0.15, -0.1) is 0 Å². The first-order chi connectivity index (χ1) is 11.7. The van der Waals surface area contributed by atoms with E-state index in [1.165, 1.54) is 12.1 Å². The molecule has 0 aromatic heterocycles. The fourth-order valence-corrected chi connectivity index (χ4v) is 4.51. The Bertz CT molecular complexity index is 690. The molecule has 128 valence electrons. The van der Waals surface area contributed by atoms with Gasteiger partial charge in [0, 0.05) is 23.4 Å². The molecule has 1 unspecified atom stereocenters. The van der Waals surface area contributed by atoms with Gasteiger partial charge >= 0.3 is 0 Å². The number of rotatable bonds is 2. The Labute approximate surface area is 146 Å². The highest BCUT2D eigenvalue weighted by molar-refractivity contribution is 6.33. The average Bonchev–Trinajstić information content (AvgIpc) is 2.61. The van der Waals surface area contributed by atoms with Gasteiger partial charge in [-0.05, 0) is 31.4 Å². The summed E-state index contributed by atoms with van der Waals surface area (Å²) in [6.45, 7) is -0.00817. The van der Waals surface area contributed by atoms with Crippen LogP contribution in [0.15, 0.2) is 36.4 Å². The number of hydrogen-bond acceptors (Lipinski definition) is 3. The van der Waals surface area contributed by atoms with Crippen molar-refractivity contribution in [3.63, 3.8) is 0 Å². The van der Waals surface area contributed by atoms with Crippen LogP contribution < -0.4 is 5.32 Å². The van der Waals surface area contributed by atoms with Crippen molar-refractivity contribution in [1.82, 2.24) is 0 Å². The van der Waals surface area contributed by atoms with Gasteiger partial charge in [-0.3, -0.25) is 0 Å². The van der Waals surface area contributed by atoms with Crippen molar-refractivity contribution in [3.05, 3.63) is 52.8 Å². The third kappa shape index (κ3) is 2.77. The number of nitrogens with one attached hydrogen (secondary N) is 1. The molecule has 5 heteroatoms. The molecule has 1 aromatic rings. The highest BCUT2D eigenvalue weighted by Crippen LogP contribution is 2.49. The summed E-state index contributed by atoms with van der Waals surface area (Å²) in [5, 5.41) is 13.4. The number of anilines is 1. The van der Waals surface area contributed by atoms with Crippen molar-refractivity contribution in [2.75, 3.05) is 11.9 Å². The maximum atomic E-state index is 13.9. The van der Waals surface area contributed by atoms with Gasteiger partial charge in [0.2, 0.25) is 0 Å². The molecule has 1 aromatic carbocycles. The molecule has 1 fully saturated rings. The second kappa shape index (κ2) is 6.51. The van der Waals surface area contributed by atoms with Crippen LogP contribution in [0.25, 0.3) is 0 Å². The van der Waals surface area contributed by atoms with Crippen molar-refractivity contribution in [2.45, 2.75) is 37.5 Å². The molecule has 0 radical (unpaired) electrons. The smallest absolute Gasteiger partial charge is 0.125 e. The van der Waals surface area contributed by atoms with Crippen molar-refractivity contribution in [3.8, 4) is 0 Å². The molecule has 3 aliphatic rings. The van der Waals surface area contributed by atoms with Crippen LogP contribution in [0.5, 0.6) is 0 Å². The lowest BCUT2D eigenvalue weighted by molar-refractivity contribution is -0.112. The molecule has 1 saturated heterocycles. The normalized spacial score (nSPS) is 34.4. The molecule has 2 heterocycles. The van der Waals surface area contributed by atoms with Gasteiger partial charge in [-0.25, -0.2) is 4.39 Å². The molecule has 0 spiro atoms. The molecule has 1 aliphatic carbocycles. The highest BCUT2D eigenvalue weighted by Gasteiger charge is 2.44. The number of ether oxygens (including phenoxy) is 1. The maximum absolute atomic E-state index is 13.9. The van der Waals surface area contributed by atoms with Crippen molar-refractivity contribution < 1.29 is 14.2 Å². The molecule has 2 N–H and O–H groups in total. The van der Waals surface area contributed by atoms with Crippen molar-refractivity contribution in [1.29, 1.82) is 0 Å². The predicted octanol–water partition coefficient (Wildman–Crippen LogP) is 4.23. The van der Waals surface area contributed by atoms with Crippen LogP contribution in [0.1, 0.15) is 30.9 Å². The van der Waals surface area contributed by atoms with Crippen LogP contribution in [0.3, 0.4) is 0 Å². The number of allylic oxidation sites excluding steroid dienone is 3. The van der Waals surface area contributed by atoms with Crippen molar-refractivity contribution >= 4 is 17.3 Å². The number of benzene rings is 1. The minimum Gasteiger partial charge on any atom is -0.394 e. The van der Waals surface area contributed by atoms with E-state index in [1.807, 2.05) is 0 Å².